The number of hydrogen-bond donors (Lipinski definition) is 1. The zero-order valence-electron chi connectivity index (χ0n) is 12.0. The molecule has 2 atom stereocenters. The minimum Gasteiger partial charge on any atom is -0.480 e. The van der Waals surface area contributed by atoms with Gasteiger partial charge in [-0.15, -0.1) is 0 Å². The third kappa shape index (κ3) is 3.89. The van der Waals surface area contributed by atoms with Gasteiger partial charge in [0.1, 0.15) is 11.9 Å². The van der Waals surface area contributed by atoms with Gasteiger partial charge in [0.15, 0.2) is 6.61 Å². The average molecular weight is 277 g/mol. The van der Waals surface area contributed by atoms with Crippen LogP contribution < -0.4 is 10.5 Å². The number of rotatable bonds is 5. The van der Waals surface area contributed by atoms with Gasteiger partial charge in [-0.2, -0.15) is 0 Å². The molecule has 0 saturated heterocycles. The van der Waals surface area contributed by atoms with Crippen molar-refractivity contribution in [1.29, 1.82) is 0 Å². The molecule has 1 saturated carbocycles. The molecule has 1 aromatic rings. The van der Waals surface area contributed by atoms with E-state index in [9.17, 15) is 4.79 Å². The molecule has 2 rings (SSSR count). The molecule has 4 nitrogen and oxygen atoms in total. The maximum absolute atomic E-state index is 11.9. The Balaban J connectivity index is 1.82. The molecule has 0 radical (unpaired) electrons. The highest BCUT2D eigenvalue weighted by Crippen LogP contribution is 2.29. The lowest BCUT2D eigenvalue weighted by atomic mass is 9.85. The quantitative estimate of drug-likeness (QED) is 0.663. The number of nitrogen functional groups attached to an aromatic ring is 1. The van der Waals surface area contributed by atoms with Crippen molar-refractivity contribution in [2.24, 2.45) is 5.92 Å². The summed E-state index contributed by atoms with van der Waals surface area (Å²) in [5, 5.41) is 0. The van der Waals surface area contributed by atoms with Crippen LogP contribution in [0, 0.1) is 5.92 Å². The summed E-state index contributed by atoms with van der Waals surface area (Å²) in [4.78, 5) is 11.9. The average Bonchev–Trinajstić information content (AvgIpc) is 2.47. The number of benzene rings is 1. The van der Waals surface area contributed by atoms with Crippen LogP contribution in [0.15, 0.2) is 24.3 Å². The normalized spacial score (nSPS) is 22.2. The Morgan fingerprint density at radius 1 is 1.30 bits per heavy atom. The van der Waals surface area contributed by atoms with Gasteiger partial charge >= 0.3 is 5.97 Å². The van der Waals surface area contributed by atoms with Gasteiger partial charge in [-0.05, 0) is 43.7 Å². The van der Waals surface area contributed by atoms with Crippen molar-refractivity contribution < 1.29 is 14.3 Å². The highest BCUT2D eigenvalue weighted by molar-refractivity contribution is 5.71. The third-order valence-electron chi connectivity index (χ3n) is 3.91. The molecule has 110 valence electrons. The summed E-state index contributed by atoms with van der Waals surface area (Å²) >= 11 is 0. The molecule has 1 aromatic carbocycles. The molecule has 0 heterocycles. The molecule has 1 fully saturated rings. The predicted octanol–water partition coefficient (Wildman–Crippen LogP) is 3.16. The van der Waals surface area contributed by atoms with E-state index in [1.54, 1.807) is 12.1 Å². The van der Waals surface area contributed by atoms with Crippen LogP contribution in [0.4, 0.5) is 5.69 Å². The smallest absolute Gasteiger partial charge is 0.344 e. The third-order valence-corrected chi connectivity index (χ3v) is 3.91. The van der Waals surface area contributed by atoms with Crippen LogP contribution in [0.2, 0.25) is 0 Å². The van der Waals surface area contributed by atoms with Crippen molar-refractivity contribution in [1.82, 2.24) is 0 Å². The van der Waals surface area contributed by atoms with Crippen molar-refractivity contribution in [2.45, 2.75) is 45.1 Å². The number of carbonyl (C=O) groups excluding carboxylic acids is 1. The molecule has 2 unspecified atom stereocenters. The summed E-state index contributed by atoms with van der Waals surface area (Å²) in [6.07, 6.45) is 5.62. The number of hydrogen-bond acceptors (Lipinski definition) is 4. The van der Waals surface area contributed by atoms with E-state index in [2.05, 4.69) is 6.92 Å². The van der Waals surface area contributed by atoms with Gasteiger partial charge in [0.05, 0.1) is 5.69 Å². The summed E-state index contributed by atoms with van der Waals surface area (Å²) in [6.45, 7) is 2.07. The van der Waals surface area contributed by atoms with Crippen molar-refractivity contribution in [3.63, 3.8) is 0 Å². The molecule has 0 spiro atoms. The fourth-order valence-electron chi connectivity index (χ4n) is 2.75. The van der Waals surface area contributed by atoms with Gasteiger partial charge in [-0.25, -0.2) is 4.79 Å². The van der Waals surface area contributed by atoms with Crippen molar-refractivity contribution in [3.8, 4) is 5.75 Å². The first kappa shape index (κ1) is 14.7. The molecular weight excluding hydrogens is 254 g/mol. The lowest BCUT2D eigenvalue weighted by molar-refractivity contribution is -0.156. The van der Waals surface area contributed by atoms with Gasteiger partial charge in [0.2, 0.25) is 0 Å². The summed E-state index contributed by atoms with van der Waals surface area (Å²) < 4.78 is 11.0. The Morgan fingerprint density at radius 2 is 2.05 bits per heavy atom. The highest BCUT2D eigenvalue weighted by atomic mass is 16.6. The number of nitrogens with two attached hydrogens (primary N) is 1. The second-order valence-corrected chi connectivity index (χ2v) is 5.31. The van der Waals surface area contributed by atoms with E-state index >= 15 is 0 Å². The fourth-order valence-corrected chi connectivity index (χ4v) is 2.75. The van der Waals surface area contributed by atoms with Crippen molar-refractivity contribution in [3.05, 3.63) is 24.3 Å². The van der Waals surface area contributed by atoms with E-state index in [1.807, 2.05) is 12.1 Å². The Kier molecular flexibility index (Phi) is 5.27. The highest BCUT2D eigenvalue weighted by Gasteiger charge is 2.26. The second kappa shape index (κ2) is 7.17. The van der Waals surface area contributed by atoms with Crippen LogP contribution in [0.1, 0.15) is 39.0 Å². The van der Waals surface area contributed by atoms with E-state index in [0.29, 0.717) is 17.4 Å². The van der Waals surface area contributed by atoms with Gasteiger partial charge in [0, 0.05) is 0 Å². The van der Waals surface area contributed by atoms with Gasteiger partial charge in [0.25, 0.3) is 0 Å². The number of anilines is 1. The fraction of sp³-hybridized carbons (Fsp3) is 0.562. The molecule has 0 bridgehead atoms. The number of carbonyl (C=O) groups is 1. The van der Waals surface area contributed by atoms with Crippen LogP contribution >= 0.6 is 0 Å². The minimum atomic E-state index is -0.307. The minimum absolute atomic E-state index is 0.0537. The zero-order chi connectivity index (χ0) is 14.4. The van der Waals surface area contributed by atoms with Crippen LogP contribution in [0.5, 0.6) is 5.75 Å². The van der Waals surface area contributed by atoms with Crippen LogP contribution in [0.25, 0.3) is 0 Å². The molecule has 0 amide bonds. The molecule has 4 heteroatoms. The first-order chi connectivity index (χ1) is 9.70. The molecular formula is C16H23NO3. The maximum Gasteiger partial charge on any atom is 0.344 e. The van der Waals surface area contributed by atoms with E-state index < -0.39 is 0 Å². The SMILES string of the molecule is CCC1CCCCC1OC(=O)COc1ccccc1N. The second-order valence-electron chi connectivity index (χ2n) is 5.31. The van der Waals surface area contributed by atoms with Gasteiger partial charge in [-0.1, -0.05) is 25.5 Å². The number of para-hydroxylation sites is 2. The van der Waals surface area contributed by atoms with E-state index in [0.717, 1.165) is 25.7 Å². The molecule has 0 aliphatic heterocycles. The molecule has 20 heavy (non-hydrogen) atoms. The van der Waals surface area contributed by atoms with Crippen LogP contribution in [-0.4, -0.2) is 18.7 Å². The lowest BCUT2D eigenvalue weighted by Gasteiger charge is -2.30. The first-order valence-corrected chi connectivity index (χ1v) is 7.37. The molecule has 1 aliphatic carbocycles. The Hall–Kier alpha value is -1.71. The standard InChI is InChI=1S/C16H23NO3/c1-2-12-7-3-5-9-14(12)20-16(18)11-19-15-10-6-4-8-13(15)17/h4,6,8,10,12,14H,2-3,5,7,9,11,17H2,1H3. The number of esters is 1. The Bertz CT molecular complexity index is 447. The summed E-state index contributed by atoms with van der Waals surface area (Å²) in [6, 6.07) is 7.15. The first-order valence-electron chi connectivity index (χ1n) is 7.37. The van der Waals surface area contributed by atoms with E-state index in [-0.39, 0.29) is 18.7 Å². The molecule has 2 N–H and O–H groups in total. The van der Waals surface area contributed by atoms with Crippen LogP contribution in [-0.2, 0) is 9.53 Å². The van der Waals surface area contributed by atoms with E-state index in [1.165, 1.54) is 6.42 Å². The lowest BCUT2D eigenvalue weighted by Crippen LogP contribution is -2.31. The summed E-state index contributed by atoms with van der Waals surface area (Å²) in [7, 11) is 0. The monoisotopic (exact) mass is 277 g/mol. The van der Waals surface area contributed by atoms with Crippen LogP contribution in [0.3, 0.4) is 0 Å². The van der Waals surface area contributed by atoms with E-state index in [4.69, 9.17) is 15.2 Å². The van der Waals surface area contributed by atoms with Crippen molar-refractivity contribution >= 4 is 11.7 Å². The van der Waals surface area contributed by atoms with Gasteiger partial charge < -0.3 is 15.2 Å². The van der Waals surface area contributed by atoms with Crippen molar-refractivity contribution in [2.75, 3.05) is 12.3 Å². The Labute approximate surface area is 120 Å². The summed E-state index contributed by atoms with van der Waals surface area (Å²) in [5.41, 5.74) is 6.29. The molecule has 0 aromatic heterocycles. The predicted molar refractivity (Wildman–Crippen MR) is 78.5 cm³/mol. The Morgan fingerprint density at radius 3 is 2.80 bits per heavy atom. The summed E-state index contributed by atoms with van der Waals surface area (Å²) in [5.74, 6) is 0.716. The topological polar surface area (TPSA) is 61.5 Å². The maximum atomic E-state index is 11.9. The molecule has 1 aliphatic rings. The zero-order valence-corrected chi connectivity index (χ0v) is 12.0. The van der Waals surface area contributed by atoms with Gasteiger partial charge in [-0.3, -0.25) is 0 Å². The largest absolute Gasteiger partial charge is 0.480 e. The number of ether oxygens (including phenoxy) is 2.